The second kappa shape index (κ2) is 6.42. The Bertz CT molecular complexity index is 1140. The van der Waals surface area contributed by atoms with Gasteiger partial charge in [-0.25, -0.2) is 4.39 Å². The Morgan fingerprint density at radius 3 is 2.80 bits per heavy atom. The van der Waals surface area contributed by atoms with Crippen LogP contribution in [0.15, 0.2) is 39.9 Å². The molecule has 0 bridgehead atoms. The molecule has 0 saturated carbocycles. The van der Waals surface area contributed by atoms with Crippen LogP contribution in [0, 0.1) is 17.1 Å². The van der Waals surface area contributed by atoms with Crippen molar-refractivity contribution in [3.63, 3.8) is 0 Å². The smallest absolute Gasteiger partial charge is 0.274 e. The van der Waals surface area contributed by atoms with Gasteiger partial charge in [-0.15, -0.1) is 0 Å². The van der Waals surface area contributed by atoms with Gasteiger partial charge in [0.1, 0.15) is 23.3 Å². The van der Waals surface area contributed by atoms with Crippen LogP contribution in [-0.2, 0) is 13.6 Å². The molecule has 0 amide bonds. The molecule has 0 unspecified atom stereocenters. The first-order chi connectivity index (χ1) is 11.9. The molecule has 0 saturated heterocycles. The summed E-state index contributed by atoms with van der Waals surface area (Å²) in [7, 11) is 1.49. The van der Waals surface area contributed by atoms with E-state index in [9.17, 15) is 14.0 Å². The van der Waals surface area contributed by atoms with Crippen molar-refractivity contribution in [1.82, 2.24) is 9.55 Å². The second-order valence-corrected chi connectivity index (χ2v) is 5.85. The van der Waals surface area contributed by atoms with E-state index in [1.807, 2.05) is 6.07 Å². The van der Waals surface area contributed by atoms with Gasteiger partial charge in [0.25, 0.3) is 11.1 Å². The molecule has 0 radical (unpaired) electrons. The highest BCUT2D eigenvalue weighted by atomic mass is 35.5. The van der Waals surface area contributed by atoms with Crippen LogP contribution in [0.4, 0.5) is 10.1 Å². The summed E-state index contributed by atoms with van der Waals surface area (Å²) in [5.41, 5.74) is 0.425. The zero-order valence-corrected chi connectivity index (χ0v) is 13.8. The van der Waals surface area contributed by atoms with Crippen LogP contribution >= 0.6 is 11.6 Å². The molecule has 8 heteroatoms. The average Bonchev–Trinajstić information content (AvgIpc) is 2.58. The standard InChI is InChI=1S/C17H12ClFN4O2/c1-23-11(7-20)2-3-14(17(23)25)21-8-10-4-9-5-12(18)13(19)6-15(9)22-16(10)24/h2-6,21H,8H2,1H3,(H,22,24). The lowest BCUT2D eigenvalue weighted by Crippen LogP contribution is -2.24. The highest BCUT2D eigenvalue weighted by molar-refractivity contribution is 6.31. The predicted molar refractivity (Wildman–Crippen MR) is 93.3 cm³/mol. The van der Waals surface area contributed by atoms with Gasteiger partial charge in [0.05, 0.1) is 10.5 Å². The zero-order valence-electron chi connectivity index (χ0n) is 13.1. The normalized spacial score (nSPS) is 10.6. The third-order valence-corrected chi connectivity index (χ3v) is 4.14. The maximum absolute atomic E-state index is 13.5. The van der Waals surface area contributed by atoms with Crippen LogP contribution in [0.1, 0.15) is 11.3 Å². The number of nitrogens with one attached hydrogen (secondary N) is 2. The third-order valence-electron chi connectivity index (χ3n) is 3.85. The molecule has 2 aromatic heterocycles. The van der Waals surface area contributed by atoms with Crippen LogP contribution in [0.25, 0.3) is 10.9 Å². The molecular formula is C17H12ClFN4O2. The minimum atomic E-state index is -0.614. The monoisotopic (exact) mass is 358 g/mol. The minimum absolute atomic E-state index is 0.0422. The zero-order chi connectivity index (χ0) is 18.1. The Kier molecular flexibility index (Phi) is 4.30. The fourth-order valence-electron chi connectivity index (χ4n) is 2.45. The molecule has 2 heterocycles. The Labute approximate surface area is 146 Å². The summed E-state index contributed by atoms with van der Waals surface area (Å²) in [4.78, 5) is 26.9. The van der Waals surface area contributed by atoms with Crippen LogP contribution in [0.5, 0.6) is 0 Å². The van der Waals surface area contributed by atoms with Crippen molar-refractivity contribution in [3.05, 3.63) is 73.1 Å². The summed E-state index contributed by atoms with van der Waals surface area (Å²) in [5, 5.41) is 12.3. The van der Waals surface area contributed by atoms with E-state index in [0.29, 0.717) is 16.5 Å². The Morgan fingerprint density at radius 1 is 1.32 bits per heavy atom. The van der Waals surface area contributed by atoms with Crippen molar-refractivity contribution >= 4 is 28.2 Å². The SMILES string of the molecule is Cn1c(C#N)ccc(NCc2cc3cc(Cl)c(F)cc3[nH]c2=O)c1=O. The molecule has 0 fully saturated rings. The number of pyridine rings is 2. The van der Waals surface area contributed by atoms with E-state index in [1.165, 1.54) is 29.8 Å². The quantitative estimate of drug-likeness (QED) is 0.752. The highest BCUT2D eigenvalue weighted by Gasteiger charge is 2.09. The van der Waals surface area contributed by atoms with Gasteiger partial charge in [0.15, 0.2) is 0 Å². The van der Waals surface area contributed by atoms with Crippen LogP contribution in [0.3, 0.4) is 0 Å². The van der Waals surface area contributed by atoms with Gasteiger partial charge in [-0.05, 0) is 30.3 Å². The molecule has 0 spiro atoms. The van der Waals surface area contributed by atoms with Crippen molar-refractivity contribution in [2.24, 2.45) is 7.05 Å². The Hall–Kier alpha value is -3.11. The number of H-pyrrole nitrogens is 1. The van der Waals surface area contributed by atoms with E-state index < -0.39 is 11.4 Å². The molecule has 126 valence electrons. The number of hydrogen-bond acceptors (Lipinski definition) is 4. The number of hydrogen-bond donors (Lipinski definition) is 2. The van der Waals surface area contributed by atoms with Crippen LogP contribution < -0.4 is 16.4 Å². The van der Waals surface area contributed by atoms with E-state index in [0.717, 1.165) is 6.07 Å². The topological polar surface area (TPSA) is 90.7 Å². The van der Waals surface area contributed by atoms with Gasteiger partial charge < -0.3 is 14.9 Å². The molecular weight excluding hydrogens is 347 g/mol. The molecule has 25 heavy (non-hydrogen) atoms. The van der Waals surface area contributed by atoms with Crippen molar-refractivity contribution < 1.29 is 4.39 Å². The fourth-order valence-corrected chi connectivity index (χ4v) is 2.62. The lowest BCUT2D eigenvalue weighted by molar-refractivity contribution is 0.629. The molecule has 3 aromatic rings. The van der Waals surface area contributed by atoms with Gasteiger partial charge in [-0.1, -0.05) is 11.6 Å². The van der Waals surface area contributed by atoms with Gasteiger partial charge in [-0.3, -0.25) is 9.59 Å². The lowest BCUT2D eigenvalue weighted by atomic mass is 10.1. The largest absolute Gasteiger partial charge is 0.376 e. The number of benzene rings is 1. The molecule has 6 nitrogen and oxygen atoms in total. The molecule has 0 aliphatic carbocycles. The number of anilines is 1. The molecule has 0 atom stereocenters. The maximum Gasteiger partial charge on any atom is 0.274 e. The summed E-state index contributed by atoms with van der Waals surface area (Å²) in [6.07, 6.45) is 0. The van der Waals surface area contributed by atoms with Gasteiger partial charge in [0.2, 0.25) is 0 Å². The molecule has 2 N–H and O–H groups in total. The van der Waals surface area contributed by atoms with Crippen molar-refractivity contribution in [3.8, 4) is 6.07 Å². The summed E-state index contributed by atoms with van der Waals surface area (Å²) >= 11 is 5.77. The average molecular weight is 359 g/mol. The number of fused-ring (bicyclic) bond motifs is 1. The molecule has 0 aliphatic rings. The summed E-state index contributed by atoms with van der Waals surface area (Å²) < 4.78 is 14.7. The van der Waals surface area contributed by atoms with Gasteiger partial charge in [-0.2, -0.15) is 5.26 Å². The predicted octanol–water partition coefficient (Wildman–Crippen LogP) is 2.50. The molecule has 1 aromatic carbocycles. The van der Waals surface area contributed by atoms with Crippen molar-refractivity contribution in [2.45, 2.75) is 6.54 Å². The van der Waals surface area contributed by atoms with Crippen molar-refractivity contribution in [2.75, 3.05) is 5.32 Å². The van der Waals surface area contributed by atoms with E-state index in [4.69, 9.17) is 16.9 Å². The molecule has 3 rings (SSSR count). The number of aromatic amines is 1. The third kappa shape index (κ3) is 3.12. The number of aromatic nitrogens is 2. The maximum atomic E-state index is 13.5. The Morgan fingerprint density at radius 2 is 2.08 bits per heavy atom. The first-order valence-electron chi connectivity index (χ1n) is 7.25. The van der Waals surface area contributed by atoms with Gasteiger partial charge >= 0.3 is 0 Å². The Balaban J connectivity index is 1.94. The number of nitriles is 1. The van der Waals surface area contributed by atoms with Crippen molar-refractivity contribution in [1.29, 1.82) is 5.26 Å². The summed E-state index contributed by atoms with van der Waals surface area (Å²) in [5.74, 6) is -0.614. The van der Waals surface area contributed by atoms with E-state index in [-0.39, 0.29) is 28.5 Å². The lowest BCUT2D eigenvalue weighted by Gasteiger charge is -2.09. The van der Waals surface area contributed by atoms with E-state index in [2.05, 4.69) is 10.3 Å². The van der Waals surface area contributed by atoms with Gasteiger partial charge in [0, 0.05) is 24.5 Å². The van der Waals surface area contributed by atoms with Crippen LogP contribution in [0.2, 0.25) is 5.02 Å². The fraction of sp³-hybridized carbons (Fsp3) is 0.118. The first kappa shape index (κ1) is 16.7. The number of halogens is 2. The van der Waals surface area contributed by atoms with E-state index in [1.54, 1.807) is 6.07 Å². The number of nitrogens with zero attached hydrogens (tertiary/aromatic N) is 2. The minimum Gasteiger partial charge on any atom is -0.376 e. The molecule has 0 aliphatic heterocycles. The summed E-state index contributed by atoms with van der Waals surface area (Å²) in [6.45, 7) is 0.0847. The highest BCUT2D eigenvalue weighted by Crippen LogP contribution is 2.21. The second-order valence-electron chi connectivity index (χ2n) is 5.44. The first-order valence-corrected chi connectivity index (χ1v) is 7.63. The van der Waals surface area contributed by atoms with Crippen LogP contribution in [-0.4, -0.2) is 9.55 Å². The number of rotatable bonds is 3. The summed E-state index contributed by atoms with van der Waals surface area (Å²) in [6, 6.07) is 9.08. The van der Waals surface area contributed by atoms with E-state index >= 15 is 0 Å².